The van der Waals surface area contributed by atoms with E-state index in [4.69, 9.17) is 0 Å². The molecule has 0 atom stereocenters. The number of nitrogens with one attached hydrogen (secondary N) is 1. The largest absolute Gasteiger partial charge is 0.340 e. The molecule has 0 aromatic heterocycles. The highest BCUT2D eigenvalue weighted by Gasteiger charge is 2.46. The molecule has 2 saturated heterocycles. The van der Waals surface area contributed by atoms with Crippen LogP contribution in [-0.2, 0) is 4.79 Å². The Hall–Kier alpha value is -0.610. The smallest absolute Gasteiger partial charge is 0.236 e. The van der Waals surface area contributed by atoms with Crippen molar-refractivity contribution in [1.82, 2.24) is 15.1 Å². The summed E-state index contributed by atoms with van der Waals surface area (Å²) in [5, 5.41) is 3.29. The fraction of sp³-hybridized carbons (Fsp3) is 0.941. The van der Waals surface area contributed by atoms with Crippen molar-refractivity contribution in [2.45, 2.75) is 53.0 Å². The molecule has 2 rings (SSSR count). The Labute approximate surface area is 130 Å². The van der Waals surface area contributed by atoms with Crippen LogP contribution < -0.4 is 5.32 Å². The Morgan fingerprint density at radius 2 is 1.76 bits per heavy atom. The van der Waals surface area contributed by atoms with Gasteiger partial charge in [-0.2, -0.15) is 0 Å². The zero-order chi connectivity index (χ0) is 15.7. The Balaban J connectivity index is 1.70. The van der Waals surface area contributed by atoms with Gasteiger partial charge in [0, 0.05) is 30.6 Å². The van der Waals surface area contributed by atoms with E-state index in [0.29, 0.717) is 12.0 Å². The van der Waals surface area contributed by atoms with Crippen LogP contribution in [-0.4, -0.2) is 60.5 Å². The summed E-state index contributed by atoms with van der Waals surface area (Å²) >= 11 is 0. The first-order valence-electron chi connectivity index (χ1n) is 8.44. The van der Waals surface area contributed by atoms with E-state index < -0.39 is 0 Å². The predicted molar refractivity (Wildman–Crippen MR) is 87.3 cm³/mol. The number of likely N-dealkylation sites (tertiary alicyclic amines) is 2. The highest BCUT2D eigenvalue weighted by molar-refractivity contribution is 5.79. The molecule has 1 amide bonds. The number of hydrogen-bond acceptors (Lipinski definition) is 3. The quantitative estimate of drug-likeness (QED) is 0.861. The lowest BCUT2D eigenvalue weighted by molar-refractivity contribution is -0.146. The molecule has 21 heavy (non-hydrogen) atoms. The zero-order valence-corrected chi connectivity index (χ0v) is 14.5. The molecule has 0 radical (unpaired) electrons. The van der Waals surface area contributed by atoms with Gasteiger partial charge in [-0.15, -0.1) is 0 Å². The van der Waals surface area contributed by atoms with Gasteiger partial charge in [0.2, 0.25) is 5.91 Å². The zero-order valence-electron chi connectivity index (χ0n) is 14.5. The second kappa shape index (κ2) is 6.25. The van der Waals surface area contributed by atoms with E-state index in [9.17, 15) is 4.79 Å². The molecule has 2 aliphatic heterocycles. The van der Waals surface area contributed by atoms with Gasteiger partial charge in [-0.3, -0.25) is 4.79 Å². The summed E-state index contributed by atoms with van der Waals surface area (Å²) in [5.74, 6) is 1.02. The number of carbonyl (C=O) groups excluding carboxylic acids is 1. The van der Waals surface area contributed by atoms with Gasteiger partial charge in [0.15, 0.2) is 0 Å². The molecule has 0 saturated carbocycles. The summed E-state index contributed by atoms with van der Waals surface area (Å²) in [6.07, 6.45) is 2.52. The topological polar surface area (TPSA) is 35.6 Å². The van der Waals surface area contributed by atoms with Crippen LogP contribution >= 0.6 is 0 Å². The molecule has 0 aromatic carbocycles. The maximum atomic E-state index is 12.2. The van der Waals surface area contributed by atoms with E-state index in [1.165, 1.54) is 32.5 Å². The predicted octanol–water partition coefficient (Wildman–Crippen LogP) is 1.95. The monoisotopic (exact) mass is 295 g/mol. The van der Waals surface area contributed by atoms with Gasteiger partial charge in [-0.05, 0) is 52.6 Å². The Morgan fingerprint density at radius 3 is 2.24 bits per heavy atom. The summed E-state index contributed by atoms with van der Waals surface area (Å²) in [6.45, 7) is 16.9. The molecule has 0 bridgehead atoms. The lowest BCUT2D eigenvalue weighted by atomic mass is 9.72. The third-order valence-electron chi connectivity index (χ3n) is 4.72. The van der Waals surface area contributed by atoms with Gasteiger partial charge < -0.3 is 15.1 Å². The molecule has 0 aromatic rings. The Kier molecular flexibility index (Phi) is 4.99. The van der Waals surface area contributed by atoms with Crippen molar-refractivity contribution >= 4 is 5.91 Å². The van der Waals surface area contributed by atoms with Gasteiger partial charge in [0.25, 0.3) is 0 Å². The van der Waals surface area contributed by atoms with Gasteiger partial charge in [-0.1, -0.05) is 13.8 Å². The molecule has 2 fully saturated rings. The van der Waals surface area contributed by atoms with Gasteiger partial charge >= 0.3 is 0 Å². The molecule has 0 aliphatic carbocycles. The summed E-state index contributed by atoms with van der Waals surface area (Å²) in [6, 6.07) is 0. The lowest BCUT2D eigenvalue weighted by Crippen LogP contribution is -2.63. The third kappa shape index (κ3) is 4.68. The highest BCUT2D eigenvalue weighted by atomic mass is 16.2. The van der Waals surface area contributed by atoms with Gasteiger partial charge in [0.1, 0.15) is 0 Å². The lowest BCUT2D eigenvalue weighted by Gasteiger charge is -2.54. The average Bonchev–Trinajstić information content (AvgIpc) is 2.33. The molecule has 2 heterocycles. The van der Waals surface area contributed by atoms with Crippen LogP contribution in [0.25, 0.3) is 0 Å². The van der Waals surface area contributed by atoms with Crippen molar-refractivity contribution in [1.29, 1.82) is 0 Å². The first kappa shape index (κ1) is 16.8. The van der Waals surface area contributed by atoms with Crippen molar-refractivity contribution < 1.29 is 4.79 Å². The summed E-state index contributed by atoms with van der Waals surface area (Å²) in [5.41, 5.74) is 0.450. The summed E-state index contributed by atoms with van der Waals surface area (Å²) in [4.78, 5) is 16.8. The minimum absolute atomic E-state index is 0.0143. The highest BCUT2D eigenvalue weighted by Crippen LogP contribution is 2.40. The third-order valence-corrected chi connectivity index (χ3v) is 4.72. The SMILES string of the molecule is CC(C)CN1CCC2(CC1)CN(C(=O)CNC(C)(C)C)C2. The summed E-state index contributed by atoms with van der Waals surface area (Å²) in [7, 11) is 0. The number of piperidine rings is 1. The van der Waals surface area contributed by atoms with E-state index in [1.807, 2.05) is 4.90 Å². The van der Waals surface area contributed by atoms with Crippen LogP contribution in [0.1, 0.15) is 47.5 Å². The second-order valence-electron chi connectivity index (χ2n) is 8.55. The van der Waals surface area contributed by atoms with E-state index in [-0.39, 0.29) is 11.4 Å². The molecule has 122 valence electrons. The molecule has 1 N–H and O–H groups in total. The van der Waals surface area contributed by atoms with E-state index in [2.05, 4.69) is 44.8 Å². The van der Waals surface area contributed by atoms with Gasteiger partial charge in [0.05, 0.1) is 6.54 Å². The number of carbonyl (C=O) groups is 1. The van der Waals surface area contributed by atoms with Crippen molar-refractivity contribution in [2.75, 3.05) is 39.3 Å². The van der Waals surface area contributed by atoms with E-state index >= 15 is 0 Å². The van der Waals surface area contributed by atoms with Crippen molar-refractivity contribution in [3.05, 3.63) is 0 Å². The standard InChI is InChI=1S/C17H33N3O/c1-14(2)11-19-8-6-17(7-9-19)12-20(13-17)15(21)10-18-16(3,4)5/h14,18H,6-13H2,1-5H3. The maximum Gasteiger partial charge on any atom is 0.236 e. The fourth-order valence-electron chi connectivity index (χ4n) is 3.43. The fourth-order valence-corrected chi connectivity index (χ4v) is 3.43. The number of nitrogens with zero attached hydrogens (tertiary/aromatic N) is 2. The van der Waals surface area contributed by atoms with Gasteiger partial charge in [-0.25, -0.2) is 0 Å². The summed E-state index contributed by atoms with van der Waals surface area (Å²) < 4.78 is 0. The molecule has 0 unspecified atom stereocenters. The van der Waals surface area contributed by atoms with Crippen LogP contribution in [0, 0.1) is 11.3 Å². The molecule has 2 aliphatic rings. The number of amides is 1. The first-order chi connectivity index (χ1) is 9.69. The van der Waals surface area contributed by atoms with Crippen LogP contribution in [0.15, 0.2) is 0 Å². The van der Waals surface area contributed by atoms with Crippen molar-refractivity contribution in [3.63, 3.8) is 0 Å². The Morgan fingerprint density at radius 1 is 1.19 bits per heavy atom. The molecule has 4 heteroatoms. The molecule has 1 spiro atoms. The van der Waals surface area contributed by atoms with Crippen LogP contribution in [0.2, 0.25) is 0 Å². The molecule has 4 nitrogen and oxygen atoms in total. The van der Waals surface area contributed by atoms with E-state index in [1.54, 1.807) is 0 Å². The van der Waals surface area contributed by atoms with Crippen molar-refractivity contribution in [3.8, 4) is 0 Å². The maximum absolute atomic E-state index is 12.2. The normalized spacial score (nSPS) is 22.7. The van der Waals surface area contributed by atoms with Crippen LogP contribution in [0.4, 0.5) is 0 Å². The molecular weight excluding hydrogens is 262 g/mol. The molecular formula is C17H33N3O. The van der Waals surface area contributed by atoms with Crippen LogP contribution in [0.3, 0.4) is 0 Å². The second-order valence-corrected chi connectivity index (χ2v) is 8.55. The first-order valence-corrected chi connectivity index (χ1v) is 8.44. The van der Waals surface area contributed by atoms with Crippen molar-refractivity contribution in [2.24, 2.45) is 11.3 Å². The van der Waals surface area contributed by atoms with Crippen LogP contribution in [0.5, 0.6) is 0 Å². The Bertz CT molecular complexity index is 357. The minimum atomic E-state index is 0.0143. The number of rotatable bonds is 4. The van der Waals surface area contributed by atoms with E-state index in [0.717, 1.165) is 19.0 Å². The average molecular weight is 295 g/mol. The number of hydrogen-bond donors (Lipinski definition) is 1. The minimum Gasteiger partial charge on any atom is -0.340 e.